The molecular formula is C32H36N9O6Tc-. The molecular weight excluding hydrogens is 704 g/mol. The number of unbranched alkanes of at least 4 members (excludes halogenated alkanes) is 1. The van der Waals surface area contributed by atoms with Gasteiger partial charge >= 0.3 is 11.9 Å². The van der Waals surface area contributed by atoms with Gasteiger partial charge in [-0.15, -0.1) is 0 Å². The number of carboxylic acids is 2. The van der Waals surface area contributed by atoms with Gasteiger partial charge in [-0.05, 0) is 67.8 Å². The first kappa shape index (κ1) is 40.5. The Morgan fingerprint density at radius 1 is 0.812 bits per heavy atom. The van der Waals surface area contributed by atoms with Crippen molar-refractivity contribution in [2.24, 2.45) is 0 Å². The molecule has 4 rings (SSSR count). The molecule has 0 saturated heterocycles. The summed E-state index contributed by atoms with van der Waals surface area (Å²) < 4.78 is 0. The molecule has 48 heavy (non-hydrogen) atoms. The Hall–Kier alpha value is -5.57. The third-order valence-electron chi connectivity index (χ3n) is 6.06. The summed E-state index contributed by atoms with van der Waals surface area (Å²) in [6, 6.07) is 15.7. The van der Waals surface area contributed by atoms with Gasteiger partial charge in [-0.1, -0.05) is 18.7 Å². The SMILES string of the molecule is C=C(NCCCCC(NC(=O)c1ccc(N[NH-])nc1)C(=O)NC)c1cccnc1.O=C(O)c1ccccn1.O=C(O)c1ccccn1.[Tc]. The van der Waals surface area contributed by atoms with E-state index < -0.39 is 18.0 Å². The van der Waals surface area contributed by atoms with Crippen molar-refractivity contribution in [1.82, 2.24) is 35.9 Å². The number of nitrogens with zero attached hydrogens (tertiary/aromatic N) is 4. The predicted octanol–water partition coefficient (Wildman–Crippen LogP) is 3.69. The summed E-state index contributed by atoms with van der Waals surface area (Å²) in [6.45, 7) is 4.69. The number of hydrogen-bond donors (Lipinski definition) is 6. The normalized spacial score (nSPS) is 10.1. The number of pyridine rings is 4. The summed E-state index contributed by atoms with van der Waals surface area (Å²) in [5.41, 5.74) is 4.37. The minimum Gasteiger partial charge on any atom is -0.585 e. The van der Waals surface area contributed by atoms with E-state index in [1.165, 1.54) is 43.8 Å². The van der Waals surface area contributed by atoms with E-state index in [1.54, 1.807) is 42.7 Å². The van der Waals surface area contributed by atoms with Crippen LogP contribution in [0.2, 0.25) is 0 Å². The number of amides is 2. The molecule has 7 N–H and O–H groups in total. The molecule has 0 bridgehead atoms. The van der Waals surface area contributed by atoms with Crippen LogP contribution in [0, 0.1) is 0 Å². The molecule has 0 aliphatic heterocycles. The van der Waals surface area contributed by atoms with Crippen molar-refractivity contribution in [2.45, 2.75) is 25.3 Å². The Morgan fingerprint density at radius 2 is 1.46 bits per heavy atom. The Kier molecular flexibility index (Phi) is 19.3. The standard InChI is InChI=1S/C20H26N7O2.2C6H5NO2.Tc/c1-14(15-6-5-10-23-12-15)24-11-4-3-7-17(20(29)22-2)26-19(28)16-8-9-18(27-21)25-13-16;2*8-6(9)5-3-1-2-4-7-5;/h5-6,8-10,12-13,17,21,24H,1,3-4,7,11H2,2H3,(H,22,29)(H2,25,26,27,28);2*1-4H,(H,8,9);/q-1;;;. The number of hydrogen-bond acceptors (Lipinski definition) is 10. The zero-order valence-electron chi connectivity index (χ0n) is 26.0. The van der Waals surface area contributed by atoms with Gasteiger partial charge in [0.15, 0.2) is 0 Å². The molecule has 2 amide bonds. The van der Waals surface area contributed by atoms with Crippen LogP contribution in [-0.2, 0) is 24.9 Å². The molecule has 4 heterocycles. The van der Waals surface area contributed by atoms with Gasteiger partial charge in [0.05, 0.1) is 5.56 Å². The van der Waals surface area contributed by atoms with Crippen molar-refractivity contribution < 1.29 is 49.5 Å². The van der Waals surface area contributed by atoms with Crippen LogP contribution < -0.4 is 21.4 Å². The first-order chi connectivity index (χ1) is 22.7. The van der Waals surface area contributed by atoms with E-state index >= 15 is 0 Å². The van der Waals surface area contributed by atoms with E-state index in [1.807, 2.05) is 12.1 Å². The van der Waals surface area contributed by atoms with Crippen LogP contribution in [0.5, 0.6) is 0 Å². The van der Waals surface area contributed by atoms with E-state index in [0.29, 0.717) is 24.3 Å². The number of carbonyl (C=O) groups is 4. The van der Waals surface area contributed by atoms with Crippen LogP contribution in [0.3, 0.4) is 0 Å². The molecule has 1 radical (unpaired) electrons. The molecule has 4 aromatic heterocycles. The van der Waals surface area contributed by atoms with Gasteiger partial charge in [-0.3, -0.25) is 14.6 Å². The first-order valence-corrected chi connectivity index (χ1v) is 14.2. The van der Waals surface area contributed by atoms with Crippen molar-refractivity contribution >= 4 is 35.3 Å². The van der Waals surface area contributed by atoms with E-state index in [4.69, 9.17) is 16.1 Å². The predicted molar refractivity (Wildman–Crippen MR) is 175 cm³/mol. The summed E-state index contributed by atoms with van der Waals surface area (Å²) in [7, 11) is 1.54. The fraction of sp³-hybridized carbons (Fsp3) is 0.188. The molecule has 0 aromatic carbocycles. The van der Waals surface area contributed by atoms with Crippen molar-refractivity contribution in [3.63, 3.8) is 0 Å². The number of anilines is 1. The van der Waals surface area contributed by atoms with Crippen molar-refractivity contribution in [1.29, 1.82) is 0 Å². The number of aromatic carboxylic acids is 2. The van der Waals surface area contributed by atoms with Crippen LogP contribution in [0.15, 0.2) is 98.2 Å². The quantitative estimate of drug-likeness (QED) is 0.0852. The maximum Gasteiger partial charge on any atom is 0.354 e. The number of likely N-dealkylation sites (N-methyl/N-ethyl adjacent to an activating group) is 1. The monoisotopic (exact) mass is 739 g/mol. The number of carbonyl (C=O) groups excluding carboxylic acids is 2. The van der Waals surface area contributed by atoms with E-state index in [9.17, 15) is 19.2 Å². The van der Waals surface area contributed by atoms with Crippen LogP contribution >= 0.6 is 0 Å². The molecule has 0 aliphatic carbocycles. The van der Waals surface area contributed by atoms with E-state index in [-0.39, 0.29) is 43.3 Å². The summed E-state index contributed by atoms with van der Waals surface area (Å²) in [6.07, 6.45) is 9.77. The zero-order chi connectivity index (χ0) is 34.4. The summed E-state index contributed by atoms with van der Waals surface area (Å²) >= 11 is 0. The van der Waals surface area contributed by atoms with Crippen molar-refractivity contribution in [3.8, 4) is 0 Å². The minimum atomic E-state index is -0.990. The van der Waals surface area contributed by atoms with Gasteiger partial charge in [0.25, 0.3) is 5.91 Å². The number of aromatic nitrogens is 4. The Labute approximate surface area is 290 Å². The molecule has 4 aromatic rings. The van der Waals surface area contributed by atoms with Crippen LogP contribution in [0.4, 0.5) is 5.82 Å². The molecule has 0 spiro atoms. The maximum atomic E-state index is 12.4. The zero-order valence-corrected chi connectivity index (χ0v) is 27.8. The molecule has 16 heteroatoms. The van der Waals surface area contributed by atoms with Crippen LogP contribution in [0.25, 0.3) is 11.5 Å². The van der Waals surface area contributed by atoms with Gasteiger partial charge in [0, 0.05) is 75.9 Å². The number of carboxylic acid groups (broad SMARTS) is 2. The van der Waals surface area contributed by atoms with Crippen LogP contribution in [-0.4, -0.2) is 73.5 Å². The van der Waals surface area contributed by atoms with Crippen LogP contribution in [0.1, 0.15) is 56.2 Å². The fourth-order valence-electron chi connectivity index (χ4n) is 3.62. The summed E-state index contributed by atoms with van der Waals surface area (Å²) in [5.74, 6) is 4.75. The average molecular weight is 741 g/mol. The summed E-state index contributed by atoms with van der Waals surface area (Å²) in [5, 5.41) is 25.2. The molecule has 15 nitrogen and oxygen atoms in total. The topological polar surface area (TPSA) is 232 Å². The molecule has 1 unspecified atom stereocenters. The Morgan fingerprint density at radius 3 is 1.90 bits per heavy atom. The summed E-state index contributed by atoms with van der Waals surface area (Å²) in [4.78, 5) is 59.9. The molecule has 0 saturated carbocycles. The second-order valence-electron chi connectivity index (χ2n) is 9.38. The molecule has 0 fully saturated rings. The van der Waals surface area contributed by atoms with Gasteiger partial charge < -0.3 is 37.4 Å². The first-order valence-electron chi connectivity index (χ1n) is 14.2. The van der Waals surface area contributed by atoms with Crippen molar-refractivity contribution in [2.75, 3.05) is 19.0 Å². The third kappa shape index (κ3) is 15.1. The number of nitrogens with one attached hydrogen (secondary N) is 5. The second kappa shape index (κ2) is 22.9. The van der Waals surface area contributed by atoms with E-state index in [2.05, 4.69) is 47.9 Å². The Balaban J connectivity index is 0.000000490. The number of rotatable bonds is 13. The smallest absolute Gasteiger partial charge is 0.354 e. The molecule has 253 valence electrons. The fourth-order valence-corrected chi connectivity index (χ4v) is 3.62. The van der Waals surface area contributed by atoms with Gasteiger partial charge in [-0.25, -0.2) is 24.5 Å². The van der Waals surface area contributed by atoms with Gasteiger partial charge in [-0.2, -0.15) is 0 Å². The van der Waals surface area contributed by atoms with Crippen molar-refractivity contribution in [3.05, 3.63) is 127 Å². The average Bonchev–Trinajstić information content (AvgIpc) is 3.12. The molecule has 1 atom stereocenters. The second-order valence-corrected chi connectivity index (χ2v) is 9.38. The Bertz CT molecular complexity index is 1520. The van der Waals surface area contributed by atoms with Gasteiger partial charge in [0.2, 0.25) is 5.91 Å². The van der Waals surface area contributed by atoms with Gasteiger partial charge in [0.1, 0.15) is 23.2 Å². The third-order valence-corrected chi connectivity index (χ3v) is 6.06. The largest absolute Gasteiger partial charge is 0.585 e. The van der Waals surface area contributed by atoms with E-state index in [0.717, 1.165) is 24.1 Å². The minimum absolute atomic E-state index is 0. The maximum absolute atomic E-state index is 12.4. The molecule has 0 aliphatic rings.